The number of nitrogens with zero attached hydrogens (tertiary/aromatic N) is 5. The van der Waals surface area contributed by atoms with Gasteiger partial charge in [-0.05, 0) is 16.7 Å². The topological polar surface area (TPSA) is 83.8 Å². The summed E-state index contributed by atoms with van der Waals surface area (Å²) < 4.78 is 17.9. The van der Waals surface area contributed by atoms with Crippen LogP contribution in [0.1, 0.15) is 11.1 Å². The summed E-state index contributed by atoms with van der Waals surface area (Å²) in [6.07, 6.45) is 2.09. The van der Waals surface area contributed by atoms with Crippen LogP contribution in [0.4, 0.5) is 4.39 Å². The molecule has 1 aromatic heterocycles. The third-order valence-electron chi connectivity index (χ3n) is 2.30. The zero-order chi connectivity index (χ0) is 13.5. The van der Waals surface area contributed by atoms with Gasteiger partial charge in [0.25, 0.3) is 0 Å². The maximum Gasteiger partial charge on any atom is 0.316 e. The molecule has 0 atom stereocenters. The Morgan fingerprint density at radius 1 is 1.16 bits per heavy atom. The number of ether oxygens (including phenoxy) is 1. The van der Waals surface area contributed by atoms with E-state index in [4.69, 9.17) is 10.3 Å². The SMILES string of the molecule is [N-]=[N+]=NCc1ccc(COc2ncc(F)cn2)cc1. The van der Waals surface area contributed by atoms with Crippen LogP contribution in [0.2, 0.25) is 0 Å². The first-order valence-electron chi connectivity index (χ1n) is 5.47. The monoisotopic (exact) mass is 259 g/mol. The standard InChI is InChI=1S/C12H10FN5O/c13-11-6-15-12(16-7-11)19-8-10-3-1-9(2-4-10)5-17-18-14/h1-4,6-7H,5,8H2. The number of rotatable bonds is 5. The maximum absolute atomic E-state index is 12.6. The molecular weight excluding hydrogens is 249 g/mol. The summed E-state index contributed by atoms with van der Waals surface area (Å²) >= 11 is 0. The van der Waals surface area contributed by atoms with Gasteiger partial charge in [0.05, 0.1) is 18.9 Å². The summed E-state index contributed by atoms with van der Waals surface area (Å²) in [5, 5.41) is 3.47. The average Bonchev–Trinajstić information content (AvgIpc) is 2.46. The number of hydrogen-bond acceptors (Lipinski definition) is 4. The second-order valence-electron chi connectivity index (χ2n) is 3.68. The Morgan fingerprint density at radius 3 is 2.42 bits per heavy atom. The highest BCUT2D eigenvalue weighted by molar-refractivity contribution is 5.22. The van der Waals surface area contributed by atoms with E-state index in [0.29, 0.717) is 6.54 Å². The lowest BCUT2D eigenvalue weighted by Crippen LogP contribution is -1.99. The molecule has 0 N–H and O–H groups in total. The van der Waals surface area contributed by atoms with E-state index in [1.165, 1.54) is 0 Å². The first-order valence-corrected chi connectivity index (χ1v) is 5.47. The summed E-state index contributed by atoms with van der Waals surface area (Å²) in [5.74, 6) is -0.505. The Kier molecular flexibility index (Phi) is 4.25. The number of azide groups is 1. The molecular formula is C12H10FN5O. The molecule has 1 heterocycles. The number of halogens is 1. The Labute approximate surface area is 108 Å². The zero-order valence-electron chi connectivity index (χ0n) is 9.90. The van der Waals surface area contributed by atoms with Gasteiger partial charge < -0.3 is 4.74 Å². The van der Waals surface area contributed by atoms with E-state index in [1.54, 1.807) is 0 Å². The summed E-state index contributed by atoms with van der Waals surface area (Å²) in [6.45, 7) is 0.603. The molecule has 19 heavy (non-hydrogen) atoms. The van der Waals surface area contributed by atoms with Crippen LogP contribution < -0.4 is 4.74 Å². The largest absolute Gasteiger partial charge is 0.459 e. The zero-order valence-corrected chi connectivity index (χ0v) is 9.90. The predicted octanol–water partition coefficient (Wildman–Crippen LogP) is 3.01. The highest BCUT2D eigenvalue weighted by atomic mass is 19.1. The van der Waals surface area contributed by atoms with Crippen molar-refractivity contribution >= 4 is 0 Å². The van der Waals surface area contributed by atoms with E-state index in [-0.39, 0.29) is 12.6 Å². The van der Waals surface area contributed by atoms with Gasteiger partial charge in [0, 0.05) is 4.91 Å². The van der Waals surface area contributed by atoms with Gasteiger partial charge in [-0.2, -0.15) is 0 Å². The van der Waals surface area contributed by atoms with Crippen molar-refractivity contribution in [1.29, 1.82) is 0 Å². The van der Waals surface area contributed by atoms with Crippen LogP contribution >= 0.6 is 0 Å². The van der Waals surface area contributed by atoms with E-state index < -0.39 is 5.82 Å². The first-order chi connectivity index (χ1) is 9.28. The van der Waals surface area contributed by atoms with Crippen molar-refractivity contribution in [3.05, 3.63) is 64.0 Å². The molecule has 96 valence electrons. The van der Waals surface area contributed by atoms with Crippen molar-refractivity contribution < 1.29 is 9.13 Å². The number of hydrogen-bond donors (Lipinski definition) is 0. The third kappa shape index (κ3) is 3.93. The quantitative estimate of drug-likeness (QED) is 0.470. The molecule has 1 aromatic carbocycles. The fourth-order valence-corrected chi connectivity index (χ4v) is 1.38. The molecule has 0 bridgehead atoms. The van der Waals surface area contributed by atoms with Gasteiger partial charge in [-0.1, -0.05) is 29.4 Å². The van der Waals surface area contributed by atoms with Crippen LogP contribution in [0.25, 0.3) is 10.4 Å². The lowest BCUT2D eigenvalue weighted by atomic mass is 10.1. The van der Waals surface area contributed by atoms with Gasteiger partial charge in [0.15, 0.2) is 5.82 Å². The Morgan fingerprint density at radius 2 is 1.79 bits per heavy atom. The van der Waals surface area contributed by atoms with Crippen molar-refractivity contribution in [1.82, 2.24) is 9.97 Å². The summed E-state index contributed by atoms with van der Waals surface area (Å²) in [5.41, 5.74) is 10.0. The van der Waals surface area contributed by atoms with Crippen molar-refractivity contribution in [2.75, 3.05) is 0 Å². The van der Waals surface area contributed by atoms with Crippen molar-refractivity contribution in [2.45, 2.75) is 13.2 Å². The van der Waals surface area contributed by atoms with Crippen LogP contribution in [0.3, 0.4) is 0 Å². The van der Waals surface area contributed by atoms with Crippen molar-refractivity contribution in [3.8, 4) is 6.01 Å². The maximum atomic E-state index is 12.6. The molecule has 0 saturated heterocycles. The first kappa shape index (κ1) is 12.8. The van der Waals surface area contributed by atoms with Gasteiger partial charge in [-0.25, -0.2) is 14.4 Å². The Bertz CT molecular complexity index is 578. The molecule has 6 nitrogen and oxygen atoms in total. The van der Waals surface area contributed by atoms with Gasteiger partial charge in [-0.15, -0.1) is 0 Å². The van der Waals surface area contributed by atoms with Gasteiger partial charge in [-0.3, -0.25) is 0 Å². The van der Waals surface area contributed by atoms with Crippen LogP contribution in [0, 0.1) is 5.82 Å². The molecule has 0 fully saturated rings. The molecule has 0 aliphatic rings. The van der Waals surface area contributed by atoms with Crippen molar-refractivity contribution in [3.63, 3.8) is 0 Å². The fraction of sp³-hybridized carbons (Fsp3) is 0.167. The summed E-state index contributed by atoms with van der Waals surface area (Å²) in [7, 11) is 0. The molecule has 7 heteroatoms. The minimum Gasteiger partial charge on any atom is -0.459 e. The normalized spacial score (nSPS) is 9.74. The van der Waals surface area contributed by atoms with Gasteiger partial charge in [0.2, 0.25) is 0 Å². The second-order valence-corrected chi connectivity index (χ2v) is 3.68. The smallest absolute Gasteiger partial charge is 0.316 e. The summed E-state index contributed by atoms with van der Waals surface area (Å²) in [4.78, 5) is 10.1. The lowest BCUT2D eigenvalue weighted by molar-refractivity contribution is 0.279. The van der Waals surface area contributed by atoms with E-state index in [1.807, 2.05) is 24.3 Å². The molecule has 0 unspecified atom stereocenters. The van der Waals surface area contributed by atoms with Gasteiger partial charge in [0.1, 0.15) is 6.61 Å². The minimum atomic E-state index is -0.505. The second kappa shape index (κ2) is 6.32. The van der Waals surface area contributed by atoms with E-state index >= 15 is 0 Å². The molecule has 0 aliphatic heterocycles. The molecule has 0 saturated carbocycles. The molecule has 0 spiro atoms. The third-order valence-corrected chi connectivity index (χ3v) is 2.30. The van der Waals surface area contributed by atoms with E-state index in [2.05, 4.69) is 20.0 Å². The Balaban J connectivity index is 1.92. The Hall–Kier alpha value is -2.66. The molecule has 0 amide bonds. The van der Waals surface area contributed by atoms with Gasteiger partial charge >= 0.3 is 6.01 Å². The fourth-order valence-electron chi connectivity index (χ4n) is 1.38. The minimum absolute atomic E-state index is 0.125. The van der Waals surface area contributed by atoms with E-state index in [0.717, 1.165) is 23.5 Å². The summed E-state index contributed by atoms with van der Waals surface area (Å²) in [6, 6.07) is 7.52. The molecule has 0 radical (unpaired) electrons. The van der Waals surface area contributed by atoms with Crippen LogP contribution in [-0.2, 0) is 13.2 Å². The number of benzene rings is 1. The van der Waals surface area contributed by atoms with Crippen molar-refractivity contribution in [2.24, 2.45) is 5.11 Å². The predicted molar refractivity (Wildman–Crippen MR) is 65.6 cm³/mol. The highest BCUT2D eigenvalue weighted by Gasteiger charge is 1.99. The van der Waals surface area contributed by atoms with Crippen LogP contribution in [-0.4, -0.2) is 9.97 Å². The molecule has 2 rings (SSSR count). The highest BCUT2D eigenvalue weighted by Crippen LogP contribution is 2.09. The van der Waals surface area contributed by atoms with E-state index in [9.17, 15) is 4.39 Å². The lowest BCUT2D eigenvalue weighted by Gasteiger charge is -2.04. The van der Waals surface area contributed by atoms with Crippen LogP contribution in [0.5, 0.6) is 6.01 Å². The number of aromatic nitrogens is 2. The molecule has 2 aromatic rings. The molecule has 0 aliphatic carbocycles. The van der Waals surface area contributed by atoms with Crippen LogP contribution in [0.15, 0.2) is 41.8 Å². The average molecular weight is 259 g/mol.